The summed E-state index contributed by atoms with van der Waals surface area (Å²) < 4.78 is 27.4. The number of carbonyl (C=O) groups is 1. The third-order valence-corrected chi connectivity index (χ3v) is 6.46. The summed E-state index contributed by atoms with van der Waals surface area (Å²) >= 11 is 0. The zero-order valence-electron chi connectivity index (χ0n) is 19.5. The average molecular weight is 529 g/mol. The molecule has 6 unspecified atom stereocenters. The lowest BCUT2D eigenvalue weighted by atomic mass is 9.95. The normalized spacial score (nSPS) is 50.0. The van der Waals surface area contributed by atoms with Gasteiger partial charge in [0.25, 0.3) is 0 Å². The molecule has 3 aliphatic rings. The fourth-order valence-electron chi connectivity index (χ4n) is 4.38. The second-order valence-corrected chi connectivity index (χ2v) is 9.05. The van der Waals surface area contributed by atoms with Gasteiger partial charge in [-0.3, -0.25) is 4.79 Å². The van der Waals surface area contributed by atoms with Gasteiger partial charge in [-0.15, -0.1) is 0 Å². The van der Waals surface area contributed by atoms with E-state index in [1.807, 2.05) is 0 Å². The number of rotatable bonds is 7. The maximum absolute atomic E-state index is 11.7. The molecular formula is C20H35NO15. The maximum atomic E-state index is 11.7. The molecule has 36 heavy (non-hydrogen) atoms. The highest BCUT2D eigenvalue weighted by Gasteiger charge is 2.53. The van der Waals surface area contributed by atoms with Crippen molar-refractivity contribution in [1.82, 2.24) is 5.32 Å². The van der Waals surface area contributed by atoms with Crippen molar-refractivity contribution >= 4 is 5.91 Å². The van der Waals surface area contributed by atoms with E-state index < -0.39 is 111 Å². The first-order valence-electron chi connectivity index (χ1n) is 11.4. The Kier molecular flexibility index (Phi) is 9.97. The summed E-state index contributed by atoms with van der Waals surface area (Å²) in [5.41, 5.74) is 0. The van der Waals surface area contributed by atoms with Gasteiger partial charge in [0.05, 0.1) is 19.3 Å². The van der Waals surface area contributed by atoms with Crippen molar-refractivity contribution in [3.05, 3.63) is 0 Å². The Balaban J connectivity index is 1.86. The lowest BCUT2D eigenvalue weighted by Gasteiger charge is -2.48. The second kappa shape index (κ2) is 12.2. The Morgan fingerprint density at radius 2 is 1.25 bits per heavy atom. The van der Waals surface area contributed by atoms with Gasteiger partial charge in [0.2, 0.25) is 5.91 Å². The molecule has 0 bridgehead atoms. The molecule has 16 nitrogen and oxygen atoms in total. The van der Waals surface area contributed by atoms with E-state index in [2.05, 4.69) is 5.32 Å². The van der Waals surface area contributed by atoms with E-state index in [0.29, 0.717) is 0 Å². The Bertz CT molecular complexity index is 729. The molecule has 10 N–H and O–H groups in total. The quantitative estimate of drug-likeness (QED) is 0.147. The molecule has 0 saturated carbocycles. The van der Waals surface area contributed by atoms with Crippen LogP contribution in [0.25, 0.3) is 0 Å². The van der Waals surface area contributed by atoms with Gasteiger partial charge in [0, 0.05) is 6.92 Å². The van der Waals surface area contributed by atoms with Crippen LogP contribution in [0.2, 0.25) is 0 Å². The van der Waals surface area contributed by atoms with Gasteiger partial charge in [0.15, 0.2) is 18.9 Å². The number of aliphatic hydroxyl groups excluding tert-OH is 9. The van der Waals surface area contributed by atoms with Crippen molar-refractivity contribution in [1.29, 1.82) is 0 Å². The van der Waals surface area contributed by atoms with E-state index in [4.69, 9.17) is 23.7 Å². The summed E-state index contributed by atoms with van der Waals surface area (Å²) in [7, 11) is 0. The molecule has 3 heterocycles. The summed E-state index contributed by atoms with van der Waals surface area (Å²) in [5.74, 6) is -0.630. The summed E-state index contributed by atoms with van der Waals surface area (Å²) in [6, 6.07) is -1.39. The van der Waals surface area contributed by atoms with Crippen molar-refractivity contribution in [2.75, 3.05) is 13.2 Å². The monoisotopic (exact) mass is 529 g/mol. The van der Waals surface area contributed by atoms with E-state index in [1.54, 1.807) is 0 Å². The molecule has 3 aliphatic heterocycles. The molecule has 0 radical (unpaired) electrons. The van der Waals surface area contributed by atoms with Crippen molar-refractivity contribution in [3.8, 4) is 0 Å². The first kappa shape index (κ1) is 29.5. The zero-order chi connectivity index (χ0) is 26.9. The van der Waals surface area contributed by atoms with Gasteiger partial charge in [-0.2, -0.15) is 0 Å². The van der Waals surface area contributed by atoms with Gasteiger partial charge in [-0.05, 0) is 6.92 Å². The first-order valence-corrected chi connectivity index (χ1v) is 11.4. The van der Waals surface area contributed by atoms with Crippen LogP contribution in [0.3, 0.4) is 0 Å². The minimum absolute atomic E-state index is 0.630. The van der Waals surface area contributed by atoms with Crippen LogP contribution in [0, 0.1) is 0 Å². The van der Waals surface area contributed by atoms with E-state index in [-0.39, 0.29) is 0 Å². The smallest absolute Gasteiger partial charge is 0.217 e. The predicted octanol–water partition coefficient (Wildman–Crippen LogP) is -6.40. The molecule has 0 aromatic carbocycles. The highest BCUT2D eigenvalue weighted by molar-refractivity contribution is 5.73. The number of aliphatic hydroxyl groups is 9. The molecule has 15 atom stereocenters. The largest absolute Gasteiger partial charge is 0.394 e. The molecule has 0 aliphatic carbocycles. The highest BCUT2D eigenvalue weighted by atomic mass is 16.8. The third-order valence-electron chi connectivity index (χ3n) is 6.46. The van der Waals surface area contributed by atoms with Crippen molar-refractivity contribution < 1.29 is 74.4 Å². The van der Waals surface area contributed by atoms with Crippen LogP contribution < -0.4 is 5.32 Å². The fraction of sp³-hybridized carbons (Fsp3) is 0.950. The lowest BCUT2D eigenvalue weighted by molar-refractivity contribution is -0.378. The Morgan fingerprint density at radius 1 is 0.722 bits per heavy atom. The van der Waals surface area contributed by atoms with Crippen LogP contribution in [-0.2, 0) is 28.5 Å². The van der Waals surface area contributed by atoms with Gasteiger partial charge in [0.1, 0.15) is 67.1 Å². The van der Waals surface area contributed by atoms with Crippen molar-refractivity contribution in [2.24, 2.45) is 0 Å². The van der Waals surface area contributed by atoms with Gasteiger partial charge < -0.3 is 75.0 Å². The van der Waals surface area contributed by atoms with Crippen molar-refractivity contribution in [3.63, 3.8) is 0 Å². The molecule has 3 fully saturated rings. The number of hydrogen-bond donors (Lipinski definition) is 10. The Labute approximate surface area is 205 Å². The standard InChI is InChI=1S/C20H35NO15/c1-5-10(25)16(35-20-15(30)14(29)12(27)8(4-23)34-20)17(18(31)32-5)36-19-9(21-6(2)24)13(28)11(26)7(3-22)33-19/h5,7-20,22-23,25-31H,3-4H2,1-2H3,(H,21,24)/t5?,7?,8-,9-,10+,11+,12-,13?,14?,15?,16-,17?,18-,19+,20-/m1/s1. The highest BCUT2D eigenvalue weighted by Crippen LogP contribution is 2.32. The number of hydrogen-bond acceptors (Lipinski definition) is 15. The third kappa shape index (κ3) is 5.97. The molecule has 1 amide bonds. The van der Waals surface area contributed by atoms with Crippen LogP contribution in [-0.4, -0.2) is 157 Å². The minimum Gasteiger partial charge on any atom is -0.394 e. The number of ether oxygens (including phenoxy) is 5. The van der Waals surface area contributed by atoms with E-state index in [9.17, 15) is 50.8 Å². The molecule has 0 aromatic heterocycles. The lowest BCUT2D eigenvalue weighted by Crippen LogP contribution is -2.68. The van der Waals surface area contributed by atoms with Crippen LogP contribution in [0.15, 0.2) is 0 Å². The van der Waals surface area contributed by atoms with E-state index >= 15 is 0 Å². The molecule has 3 rings (SSSR count). The van der Waals surface area contributed by atoms with Crippen LogP contribution in [0.5, 0.6) is 0 Å². The van der Waals surface area contributed by atoms with Crippen LogP contribution in [0.4, 0.5) is 0 Å². The number of amides is 1. The fourth-order valence-corrected chi connectivity index (χ4v) is 4.38. The topological polar surface area (TPSA) is 257 Å². The zero-order valence-corrected chi connectivity index (χ0v) is 19.5. The Hall–Kier alpha value is -1.09. The molecule has 0 spiro atoms. The molecule has 0 aromatic rings. The van der Waals surface area contributed by atoms with Gasteiger partial charge in [-0.1, -0.05) is 0 Å². The molecule has 210 valence electrons. The summed E-state index contributed by atoms with van der Waals surface area (Å²) in [6.07, 6.45) is -22.1. The molecular weight excluding hydrogens is 494 g/mol. The van der Waals surface area contributed by atoms with Crippen molar-refractivity contribution in [2.45, 2.75) is 106 Å². The summed E-state index contributed by atoms with van der Waals surface area (Å²) in [4.78, 5) is 11.7. The Morgan fingerprint density at radius 3 is 1.81 bits per heavy atom. The predicted molar refractivity (Wildman–Crippen MR) is 111 cm³/mol. The van der Waals surface area contributed by atoms with Gasteiger partial charge in [-0.25, -0.2) is 0 Å². The van der Waals surface area contributed by atoms with E-state index in [1.165, 1.54) is 6.92 Å². The maximum Gasteiger partial charge on any atom is 0.217 e. The number of nitrogens with one attached hydrogen (secondary N) is 1. The second-order valence-electron chi connectivity index (χ2n) is 9.05. The molecule has 16 heteroatoms. The number of carbonyl (C=O) groups excluding carboxylic acids is 1. The first-order chi connectivity index (χ1) is 16.9. The average Bonchev–Trinajstić information content (AvgIpc) is 2.83. The van der Waals surface area contributed by atoms with E-state index in [0.717, 1.165) is 6.92 Å². The van der Waals surface area contributed by atoms with Crippen LogP contribution in [0.1, 0.15) is 13.8 Å². The molecule has 3 saturated heterocycles. The van der Waals surface area contributed by atoms with Gasteiger partial charge >= 0.3 is 0 Å². The summed E-state index contributed by atoms with van der Waals surface area (Å²) in [6.45, 7) is 1.05. The minimum atomic E-state index is -1.83. The van der Waals surface area contributed by atoms with Crippen LogP contribution >= 0.6 is 0 Å². The SMILES string of the molecule is CC(=O)N[C@@H]1C(O)[C@@H](O)C(CO)O[C@H]1OC1[C@H](O)OC(C)[C@H](O)[C@H]1O[C@H]1O[C@H](CO)[C@@H](O)C(O)C1O. The summed E-state index contributed by atoms with van der Waals surface area (Å²) in [5, 5.41) is 93.6.